The molecule has 0 unspecified atom stereocenters. The lowest BCUT2D eigenvalue weighted by Gasteiger charge is -2.62. The predicted molar refractivity (Wildman–Crippen MR) is 160 cm³/mol. The number of amides is 1. The Hall–Kier alpha value is -2.32. The molecule has 0 aromatic heterocycles. The van der Waals surface area contributed by atoms with Gasteiger partial charge in [-0.05, 0) is 67.3 Å². The third-order valence-electron chi connectivity index (χ3n) is 9.44. The summed E-state index contributed by atoms with van der Waals surface area (Å²) in [6, 6.07) is 17.0. The number of thiol groups is 1. The zero-order valence-electron chi connectivity index (χ0n) is 23.0. The van der Waals surface area contributed by atoms with Gasteiger partial charge in [-0.3, -0.25) is 19.4 Å². The Morgan fingerprint density at radius 2 is 1.64 bits per heavy atom. The Balaban J connectivity index is 1.06. The molecule has 2 aromatic rings. The zero-order valence-corrected chi connectivity index (χ0v) is 23.9. The first-order valence-electron chi connectivity index (χ1n) is 14.9. The Kier molecular flexibility index (Phi) is 7.53. The van der Waals surface area contributed by atoms with Crippen LogP contribution in [0.4, 0.5) is 0 Å². The Morgan fingerprint density at radius 3 is 2.36 bits per heavy atom. The van der Waals surface area contributed by atoms with E-state index in [0.717, 1.165) is 56.1 Å². The molecule has 6 rings (SSSR count). The molecular formula is C32H44N2O4S. The SMILES string of the molecule is O=C(C1=CCCC[SH]1(O)(O)Cc1ccccc1)N1CCC(Oc2ccc3c(c2)CCN(C2CCC2)CC3)CC1. The number of rotatable bonds is 6. The molecule has 2 aromatic carbocycles. The highest BCUT2D eigenvalue weighted by molar-refractivity contribution is 8.43. The molecule has 212 valence electrons. The van der Waals surface area contributed by atoms with Gasteiger partial charge in [0.1, 0.15) is 11.9 Å². The minimum Gasteiger partial charge on any atom is -0.490 e. The van der Waals surface area contributed by atoms with E-state index in [0.29, 0.717) is 25.9 Å². The number of carbonyl (C=O) groups is 1. The maximum Gasteiger partial charge on any atom is 0.266 e. The molecule has 2 fully saturated rings. The van der Waals surface area contributed by atoms with Crippen molar-refractivity contribution in [3.05, 3.63) is 76.2 Å². The van der Waals surface area contributed by atoms with Crippen LogP contribution in [0.3, 0.4) is 0 Å². The van der Waals surface area contributed by atoms with Gasteiger partial charge in [0, 0.05) is 56.6 Å². The summed E-state index contributed by atoms with van der Waals surface area (Å²) in [6.07, 6.45) is 11.1. The quantitative estimate of drug-likeness (QED) is 0.389. The average molecular weight is 553 g/mol. The fraction of sp³-hybridized carbons (Fsp3) is 0.531. The molecular weight excluding hydrogens is 508 g/mol. The molecule has 1 saturated carbocycles. The molecule has 0 bridgehead atoms. The topological polar surface area (TPSA) is 73.2 Å². The van der Waals surface area contributed by atoms with Gasteiger partial charge in [-0.2, -0.15) is 0 Å². The van der Waals surface area contributed by atoms with Gasteiger partial charge in [0.15, 0.2) is 0 Å². The number of piperidine rings is 1. The molecule has 0 atom stereocenters. The number of hydrogen-bond acceptors (Lipinski definition) is 5. The van der Waals surface area contributed by atoms with Gasteiger partial charge < -0.3 is 18.7 Å². The summed E-state index contributed by atoms with van der Waals surface area (Å²) in [5, 5.41) is 0. The van der Waals surface area contributed by atoms with Crippen LogP contribution in [0.15, 0.2) is 59.5 Å². The lowest BCUT2D eigenvalue weighted by molar-refractivity contribution is -0.128. The van der Waals surface area contributed by atoms with Crippen LogP contribution in [0.2, 0.25) is 0 Å². The van der Waals surface area contributed by atoms with Crippen molar-refractivity contribution in [2.75, 3.05) is 31.9 Å². The van der Waals surface area contributed by atoms with Crippen LogP contribution in [0, 0.1) is 0 Å². The molecule has 0 spiro atoms. The zero-order chi connectivity index (χ0) is 26.9. The van der Waals surface area contributed by atoms with Gasteiger partial charge in [0.2, 0.25) is 0 Å². The molecule has 2 N–H and O–H groups in total. The van der Waals surface area contributed by atoms with Gasteiger partial charge in [0.25, 0.3) is 5.91 Å². The minimum absolute atomic E-state index is 0.0625. The van der Waals surface area contributed by atoms with E-state index < -0.39 is 9.72 Å². The van der Waals surface area contributed by atoms with E-state index in [-0.39, 0.29) is 28.4 Å². The van der Waals surface area contributed by atoms with Crippen LogP contribution >= 0.6 is 9.72 Å². The molecule has 1 aliphatic carbocycles. The highest BCUT2D eigenvalue weighted by Crippen LogP contribution is 2.72. The molecule has 6 nitrogen and oxygen atoms in total. The first-order valence-corrected chi connectivity index (χ1v) is 17.4. The third kappa shape index (κ3) is 5.78. The first kappa shape index (κ1) is 26.9. The summed E-state index contributed by atoms with van der Waals surface area (Å²) in [4.78, 5) is 18.4. The molecule has 3 aliphatic heterocycles. The summed E-state index contributed by atoms with van der Waals surface area (Å²) in [7, 11) is -4.32. The molecule has 0 radical (unpaired) electrons. The van der Waals surface area contributed by atoms with Gasteiger partial charge in [0.05, 0.1) is 4.91 Å². The van der Waals surface area contributed by atoms with Crippen molar-refractivity contribution < 1.29 is 18.6 Å². The summed E-state index contributed by atoms with van der Waals surface area (Å²) >= 11 is 0. The highest BCUT2D eigenvalue weighted by atomic mass is 32.3. The lowest BCUT2D eigenvalue weighted by Crippen LogP contribution is -2.45. The van der Waals surface area contributed by atoms with E-state index in [1.165, 1.54) is 30.4 Å². The van der Waals surface area contributed by atoms with E-state index in [1.54, 1.807) is 6.08 Å². The summed E-state index contributed by atoms with van der Waals surface area (Å²) in [5.74, 6) is 1.16. The van der Waals surface area contributed by atoms with E-state index in [9.17, 15) is 13.9 Å². The van der Waals surface area contributed by atoms with Crippen LogP contribution in [0.25, 0.3) is 0 Å². The smallest absolute Gasteiger partial charge is 0.266 e. The molecule has 39 heavy (non-hydrogen) atoms. The van der Waals surface area contributed by atoms with E-state index in [2.05, 4.69) is 23.1 Å². The number of benzene rings is 2. The monoisotopic (exact) mass is 552 g/mol. The number of hydrogen-bond donors (Lipinski definition) is 3. The standard InChI is InChI=1S/C32H44N2O4S/c35-32(31-11-4-5-22-39(31,36,37)24-25-7-2-1-3-8-25)34-20-16-29(17-21-34)38-30-13-12-26-14-18-33(28-9-6-10-28)19-15-27(26)23-30/h1-3,7-8,11-13,23,28-29,36-37,39H,4-6,9-10,14-22,24H2. The van der Waals surface area contributed by atoms with Gasteiger partial charge >= 0.3 is 0 Å². The van der Waals surface area contributed by atoms with Crippen LogP contribution in [-0.4, -0.2) is 68.9 Å². The van der Waals surface area contributed by atoms with Crippen molar-refractivity contribution in [3.63, 3.8) is 0 Å². The Morgan fingerprint density at radius 1 is 0.897 bits per heavy atom. The van der Waals surface area contributed by atoms with Crippen molar-refractivity contribution in [2.24, 2.45) is 0 Å². The molecule has 7 heteroatoms. The van der Waals surface area contributed by atoms with Crippen LogP contribution in [-0.2, 0) is 23.4 Å². The second-order valence-electron chi connectivity index (χ2n) is 12.2. The number of allylic oxidation sites excluding steroid dienone is 1. The van der Waals surface area contributed by atoms with Crippen molar-refractivity contribution in [1.29, 1.82) is 0 Å². The van der Waals surface area contributed by atoms with Gasteiger partial charge in [-0.1, -0.05) is 48.9 Å². The second-order valence-corrected chi connectivity index (χ2v) is 16.2. The molecule has 1 saturated heterocycles. The number of nitrogens with zero attached hydrogens (tertiary/aromatic N) is 2. The summed E-state index contributed by atoms with van der Waals surface area (Å²) in [5.41, 5.74) is 3.74. The van der Waals surface area contributed by atoms with E-state index in [4.69, 9.17) is 4.74 Å². The van der Waals surface area contributed by atoms with Crippen molar-refractivity contribution in [1.82, 2.24) is 9.80 Å². The van der Waals surface area contributed by atoms with Gasteiger partial charge in [-0.15, -0.1) is 0 Å². The normalized spacial score (nSPS) is 24.8. The van der Waals surface area contributed by atoms with Crippen molar-refractivity contribution >= 4 is 15.6 Å². The lowest BCUT2D eigenvalue weighted by atomic mass is 9.91. The number of fused-ring (bicyclic) bond motifs is 1. The maximum absolute atomic E-state index is 13.6. The molecule has 3 heterocycles. The van der Waals surface area contributed by atoms with Gasteiger partial charge in [-0.25, -0.2) is 0 Å². The summed E-state index contributed by atoms with van der Waals surface area (Å²) in [6.45, 7) is 3.45. The fourth-order valence-electron chi connectivity index (χ4n) is 6.87. The maximum atomic E-state index is 13.6. The molecule has 4 aliphatic rings. The summed E-state index contributed by atoms with van der Waals surface area (Å²) < 4.78 is 29.9. The Labute approximate surface area is 233 Å². The number of carbonyl (C=O) groups excluding carboxylic acids is 1. The second kappa shape index (κ2) is 10.9. The van der Waals surface area contributed by atoms with E-state index in [1.807, 2.05) is 35.2 Å². The highest BCUT2D eigenvalue weighted by Gasteiger charge is 2.41. The third-order valence-corrected chi connectivity index (χ3v) is 13.2. The number of ether oxygens (including phenoxy) is 1. The average Bonchev–Trinajstić information content (AvgIpc) is 3.10. The van der Waals surface area contributed by atoms with Crippen molar-refractivity contribution in [3.8, 4) is 5.75 Å². The largest absolute Gasteiger partial charge is 0.490 e. The first-order chi connectivity index (χ1) is 18.9. The fourth-order valence-corrected chi connectivity index (χ4v) is 10.4. The van der Waals surface area contributed by atoms with E-state index >= 15 is 0 Å². The predicted octanol–water partition coefficient (Wildman–Crippen LogP) is 5.91. The van der Waals surface area contributed by atoms with Crippen molar-refractivity contribution in [2.45, 2.75) is 75.7 Å². The molecule has 1 amide bonds. The van der Waals surface area contributed by atoms with Crippen LogP contribution in [0.1, 0.15) is 61.6 Å². The minimum atomic E-state index is -4.32. The van der Waals surface area contributed by atoms with Crippen LogP contribution < -0.4 is 4.74 Å². The number of likely N-dealkylation sites (tertiary alicyclic amines) is 1. The van der Waals surface area contributed by atoms with Crippen LogP contribution in [0.5, 0.6) is 5.75 Å². The Bertz CT molecular complexity index is 1220.